The normalized spacial score (nSPS) is 27.3. The summed E-state index contributed by atoms with van der Waals surface area (Å²) in [4.78, 5) is 2.42. The van der Waals surface area contributed by atoms with Crippen LogP contribution in [0.5, 0.6) is 0 Å². The minimum absolute atomic E-state index is 0.172. The van der Waals surface area contributed by atoms with Gasteiger partial charge in [0.2, 0.25) is 0 Å². The van der Waals surface area contributed by atoms with Crippen molar-refractivity contribution in [3.05, 3.63) is 41.6 Å². The third-order valence-corrected chi connectivity index (χ3v) is 4.26. The number of hydrogen-bond donors (Lipinski definition) is 0. The molecule has 1 nitrogen and oxygen atoms in total. The topological polar surface area (TPSA) is 3.24 Å². The van der Waals surface area contributed by atoms with Crippen molar-refractivity contribution in [2.24, 2.45) is 0 Å². The van der Waals surface area contributed by atoms with Gasteiger partial charge in [0.05, 0.1) is 0 Å². The van der Waals surface area contributed by atoms with Crippen LogP contribution in [0.1, 0.15) is 31.4 Å². The lowest BCUT2D eigenvalue weighted by atomic mass is 9.79. The van der Waals surface area contributed by atoms with E-state index in [9.17, 15) is 0 Å². The molecule has 1 aromatic carbocycles. The molecule has 0 saturated carbocycles. The first-order chi connectivity index (χ1) is 7.18. The van der Waals surface area contributed by atoms with Gasteiger partial charge in [-0.25, -0.2) is 0 Å². The molecule has 2 aliphatic rings. The molecule has 78 valence electrons. The van der Waals surface area contributed by atoms with E-state index in [1.54, 1.807) is 0 Å². The number of nitrogens with zero attached hydrogens (tertiary/aromatic N) is 1. The largest absolute Gasteiger partial charge is 0.344 e. The molecule has 1 unspecified atom stereocenters. The molecule has 0 saturated heterocycles. The van der Waals surface area contributed by atoms with E-state index >= 15 is 0 Å². The average Bonchev–Trinajstić information content (AvgIpc) is 2.77. The SMILES string of the molecule is C=C1N2CCc3cccc(c32)C1(C)CC. The fourth-order valence-corrected chi connectivity index (χ4v) is 3.02. The highest BCUT2D eigenvalue weighted by Crippen LogP contribution is 2.52. The van der Waals surface area contributed by atoms with Crippen LogP contribution in [0, 0.1) is 0 Å². The maximum Gasteiger partial charge on any atom is 0.0483 e. The van der Waals surface area contributed by atoms with Crippen LogP contribution in [-0.2, 0) is 11.8 Å². The molecule has 15 heavy (non-hydrogen) atoms. The number of allylic oxidation sites excluding steroid dienone is 1. The maximum atomic E-state index is 4.30. The van der Waals surface area contributed by atoms with Gasteiger partial charge in [0.15, 0.2) is 0 Å². The Hall–Kier alpha value is -1.24. The van der Waals surface area contributed by atoms with Crippen LogP contribution >= 0.6 is 0 Å². The molecule has 1 aromatic rings. The van der Waals surface area contributed by atoms with Gasteiger partial charge in [-0.3, -0.25) is 0 Å². The van der Waals surface area contributed by atoms with Crippen LogP contribution in [0.3, 0.4) is 0 Å². The second-order valence-corrected chi connectivity index (χ2v) is 4.85. The van der Waals surface area contributed by atoms with E-state index in [2.05, 4.69) is 43.5 Å². The Balaban J connectivity index is 2.31. The zero-order chi connectivity index (χ0) is 10.6. The van der Waals surface area contributed by atoms with Crippen molar-refractivity contribution < 1.29 is 0 Å². The van der Waals surface area contributed by atoms with Crippen molar-refractivity contribution in [2.45, 2.75) is 32.1 Å². The van der Waals surface area contributed by atoms with Gasteiger partial charge in [0, 0.05) is 23.3 Å². The maximum absolute atomic E-state index is 4.30. The van der Waals surface area contributed by atoms with Crippen LogP contribution in [-0.4, -0.2) is 6.54 Å². The third-order valence-electron chi connectivity index (χ3n) is 4.26. The highest BCUT2D eigenvalue weighted by Gasteiger charge is 2.44. The Morgan fingerprint density at radius 3 is 3.00 bits per heavy atom. The van der Waals surface area contributed by atoms with Crippen LogP contribution < -0.4 is 4.90 Å². The molecule has 0 N–H and O–H groups in total. The standard InChI is InChI=1S/C14H17N/c1-4-14(3)10(2)15-9-8-11-6-5-7-12(14)13(11)15/h5-7H,2,4,8-9H2,1,3H3. The van der Waals surface area contributed by atoms with Crippen molar-refractivity contribution in [1.29, 1.82) is 0 Å². The number of para-hydroxylation sites is 1. The lowest BCUT2D eigenvalue weighted by Gasteiger charge is -2.27. The van der Waals surface area contributed by atoms with Gasteiger partial charge in [-0.05, 0) is 30.9 Å². The molecule has 0 aliphatic carbocycles. The van der Waals surface area contributed by atoms with Crippen molar-refractivity contribution in [1.82, 2.24) is 0 Å². The molecular weight excluding hydrogens is 182 g/mol. The molecule has 3 rings (SSSR count). The highest BCUT2D eigenvalue weighted by molar-refractivity contribution is 5.76. The van der Waals surface area contributed by atoms with Crippen molar-refractivity contribution in [3.8, 4) is 0 Å². The second kappa shape index (κ2) is 2.66. The van der Waals surface area contributed by atoms with Gasteiger partial charge in [0.25, 0.3) is 0 Å². The van der Waals surface area contributed by atoms with Gasteiger partial charge in [-0.15, -0.1) is 0 Å². The summed E-state index contributed by atoms with van der Waals surface area (Å²) in [5.74, 6) is 0. The quantitative estimate of drug-likeness (QED) is 0.671. The molecule has 2 heterocycles. The smallest absolute Gasteiger partial charge is 0.0483 e. The molecular formula is C14H17N. The van der Waals surface area contributed by atoms with Gasteiger partial charge in [-0.1, -0.05) is 31.7 Å². The number of hydrogen-bond acceptors (Lipinski definition) is 1. The lowest BCUT2D eigenvalue weighted by molar-refractivity contribution is 0.546. The molecule has 2 aliphatic heterocycles. The van der Waals surface area contributed by atoms with Crippen molar-refractivity contribution >= 4 is 5.69 Å². The first-order valence-electron chi connectivity index (χ1n) is 5.78. The first-order valence-corrected chi connectivity index (χ1v) is 5.78. The summed E-state index contributed by atoms with van der Waals surface area (Å²) in [6.07, 6.45) is 2.32. The van der Waals surface area contributed by atoms with Crippen LogP contribution in [0.4, 0.5) is 5.69 Å². The third kappa shape index (κ3) is 0.889. The van der Waals surface area contributed by atoms with Crippen LogP contribution in [0.25, 0.3) is 0 Å². The van der Waals surface area contributed by atoms with E-state index in [0.29, 0.717) is 0 Å². The summed E-state index contributed by atoms with van der Waals surface area (Å²) in [6, 6.07) is 6.73. The van der Waals surface area contributed by atoms with E-state index in [1.807, 2.05) is 0 Å². The zero-order valence-electron chi connectivity index (χ0n) is 9.51. The van der Waals surface area contributed by atoms with Gasteiger partial charge < -0.3 is 4.90 Å². The Morgan fingerprint density at radius 1 is 1.47 bits per heavy atom. The van der Waals surface area contributed by atoms with Crippen molar-refractivity contribution in [2.75, 3.05) is 11.4 Å². The minimum Gasteiger partial charge on any atom is -0.344 e. The fourth-order valence-electron chi connectivity index (χ4n) is 3.02. The predicted octanol–water partition coefficient (Wildman–Crippen LogP) is 3.24. The number of benzene rings is 1. The Kier molecular flexibility index (Phi) is 1.60. The molecule has 1 heteroatoms. The van der Waals surface area contributed by atoms with Gasteiger partial charge >= 0.3 is 0 Å². The van der Waals surface area contributed by atoms with E-state index < -0.39 is 0 Å². The Labute approximate surface area is 91.4 Å². The van der Waals surface area contributed by atoms with Crippen molar-refractivity contribution in [3.63, 3.8) is 0 Å². The first kappa shape index (κ1) is 9.02. The predicted molar refractivity (Wildman–Crippen MR) is 64.3 cm³/mol. The molecule has 0 amide bonds. The summed E-state index contributed by atoms with van der Waals surface area (Å²) in [5.41, 5.74) is 5.93. The van der Waals surface area contributed by atoms with Gasteiger partial charge in [0.1, 0.15) is 0 Å². The lowest BCUT2D eigenvalue weighted by Crippen LogP contribution is -2.26. The number of anilines is 1. The zero-order valence-corrected chi connectivity index (χ0v) is 9.51. The van der Waals surface area contributed by atoms with E-state index in [-0.39, 0.29) is 5.41 Å². The minimum atomic E-state index is 0.172. The monoisotopic (exact) mass is 199 g/mol. The molecule has 0 spiro atoms. The summed E-state index contributed by atoms with van der Waals surface area (Å²) < 4.78 is 0. The van der Waals surface area contributed by atoms with Crippen LogP contribution in [0.15, 0.2) is 30.5 Å². The summed E-state index contributed by atoms with van der Waals surface area (Å²) in [5, 5.41) is 0. The molecule has 0 radical (unpaired) electrons. The van der Waals surface area contributed by atoms with E-state index in [4.69, 9.17) is 0 Å². The molecule has 0 aromatic heterocycles. The second-order valence-electron chi connectivity index (χ2n) is 4.85. The van der Waals surface area contributed by atoms with Gasteiger partial charge in [-0.2, -0.15) is 0 Å². The fraction of sp³-hybridized carbons (Fsp3) is 0.429. The molecule has 0 bridgehead atoms. The molecule has 0 fully saturated rings. The summed E-state index contributed by atoms with van der Waals surface area (Å²) in [7, 11) is 0. The highest BCUT2D eigenvalue weighted by atomic mass is 15.2. The van der Waals surface area contributed by atoms with E-state index in [1.165, 1.54) is 28.9 Å². The van der Waals surface area contributed by atoms with Crippen LogP contribution in [0.2, 0.25) is 0 Å². The Morgan fingerprint density at radius 2 is 2.27 bits per heavy atom. The summed E-state index contributed by atoms with van der Waals surface area (Å²) in [6.45, 7) is 10.0. The van der Waals surface area contributed by atoms with E-state index in [0.717, 1.165) is 13.0 Å². The Bertz CT molecular complexity index is 447. The average molecular weight is 199 g/mol. The summed E-state index contributed by atoms with van der Waals surface area (Å²) >= 11 is 0. The molecule has 1 atom stereocenters. The number of rotatable bonds is 1.